The number of halogens is 4. The lowest BCUT2D eigenvalue weighted by molar-refractivity contribution is -0.276. The Labute approximate surface area is 82.6 Å². The number of alkyl halides is 3. The molecule has 0 spiro atoms. The number of pyridine rings is 1. The maximum Gasteiger partial charge on any atom is 0.574 e. The van der Waals surface area contributed by atoms with Crippen LogP contribution in [0.5, 0.6) is 5.88 Å². The second-order valence-electron chi connectivity index (χ2n) is 2.35. The summed E-state index contributed by atoms with van der Waals surface area (Å²) in [4.78, 5) is 3.37. The van der Waals surface area contributed by atoms with E-state index in [0.717, 1.165) is 0 Å². The zero-order valence-electron chi connectivity index (χ0n) is 6.81. The van der Waals surface area contributed by atoms with E-state index < -0.39 is 12.2 Å². The van der Waals surface area contributed by atoms with E-state index in [1.807, 2.05) is 0 Å². The van der Waals surface area contributed by atoms with Gasteiger partial charge in [-0.3, -0.25) is 0 Å². The zero-order valence-corrected chi connectivity index (χ0v) is 7.56. The fraction of sp³-hybridized carbons (Fsp3) is 0.286. The average Bonchev–Trinajstić information content (AvgIpc) is 2.01. The van der Waals surface area contributed by atoms with E-state index in [-0.39, 0.29) is 17.3 Å². The third kappa shape index (κ3) is 3.04. The molecule has 0 aliphatic rings. The van der Waals surface area contributed by atoms with Crippen molar-refractivity contribution in [3.8, 4) is 5.88 Å². The predicted octanol–water partition coefficient (Wildman–Crippen LogP) is 2.09. The highest BCUT2D eigenvalue weighted by atomic mass is 35.5. The van der Waals surface area contributed by atoms with E-state index in [0.29, 0.717) is 0 Å². The molecule has 1 aromatic heterocycles. The van der Waals surface area contributed by atoms with Crippen molar-refractivity contribution in [3.05, 3.63) is 22.8 Å². The molecule has 0 amide bonds. The lowest BCUT2D eigenvalue weighted by Gasteiger charge is -2.10. The largest absolute Gasteiger partial charge is 0.574 e. The molecule has 0 unspecified atom stereocenters. The van der Waals surface area contributed by atoms with Gasteiger partial charge in [-0.1, -0.05) is 11.6 Å². The Kier molecular flexibility index (Phi) is 3.17. The molecule has 14 heavy (non-hydrogen) atoms. The Bertz CT molecular complexity index is 329. The Morgan fingerprint density at radius 2 is 2.07 bits per heavy atom. The van der Waals surface area contributed by atoms with Crippen molar-refractivity contribution < 1.29 is 17.9 Å². The van der Waals surface area contributed by atoms with Crippen LogP contribution >= 0.6 is 11.6 Å². The van der Waals surface area contributed by atoms with Crippen LogP contribution in [0.3, 0.4) is 0 Å². The Morgan fingerprint density at radius 1 is 1.43 bits per heavy atom. The standard InChI is InChI=1S/C7H6ClF3N2O/c8-5-2-1-4(3-12)6(13-5)14-7(9,10)11/h1-2H,3,12H2. The van der Waals surface area contributed by atoms with Gasteiger partial charge < -0.3 is 10.5 Å². The third-order valence-corrected chi connectivity index (χ3v) is 1.55. The lowest BCUT2D eigenvalue weighted by atomic mass is 10.3. The van der Waals surface area contributed by atoms with Gasteiger partial charge in [-0.25, -0.2) is 4.98 Å². The fourth-order valence-corrected chi connectivity index (χ4v) is 0.940. The molecule has 1 heterocycles. The molecule has 2 N–H and O–H groups in total. The Hall–Kier alpha value is -1.01. The van der Waals surface area contributed by atoms with Gasteiger partial charge in [0, 0.05) is 12.1 Å². The molecule has 0 bridgehead atoms. The fourth-order valence-electron chi connectivity index (χ4n) is 0.800. The number of nitrogens with zero attached hydrogens (tertiary/aromatic N) is 1. The summed E-state index contributed by atoms with van der Waals surface area (Å²) in [6.45, 7) is -0.102. The summed E-state index contributed by atoms with van der Waals surface area (Å²) >= 11 is 5.40. The SMILES string of the molecule is NCc1ccc(Cl)nc1OC(F)(F)F. The van der Waals surface area contributed by atoms with Gasteiger partial charge in [-0.05, 0) is 12.1 Å². The number of aromatic nitrogens is 1. The molecule has 1 aromatic rings. The molecule has 0 saturated heterocycles. The molecule has 0 aromatic carbocycles. The zero-order chi connectivity index (χ0) is 10.8. The minimum atomic E-state index is -4.79. The van der Waals surface area contributed by atoms with Gasteiger partial charge in [0.15, 0.2) is 0 Å². The van der Waals surface area contributed by atoms with Gasteiger partial charge in [0.1, 0.15) is 5.15 Å². The van der Waals surface area contributed by atoms with E-state index in [2.05, 4.69) is 9.72 Å². The molecule has 7 heteroatoms. The van der Waals surface area contributed by atoms with Gasteiger partial charge in [-0.2, -0.15) is 0 Å². The Balaban J connectivity index is 2.99. The first-order valence-corrected chi connectivity index (χ1v) is 3.91. The van der Waals surface area contributed by atoms with E-state index in [1.54, 1.807) is 0 Å². The predicted molar refractivity (Wildman–Crippen MR) is 43.8 cm³/mol. The summed E-state index contributed by atoms with van der Waals surface area (Å²) in [5.74, 6) is -0.604. The number of rotatable bonds is 2. The van der Waals surface area contributed by atoms with Crippen LogP contribution in [0.2, 0.25) is 5.15 Å². The normalized spacial score (nSPS) is 11.5. The van der Waals surface area contributed by atoms with Crippen molar-refractivity contribution in [2.45, 2.75) is 12.9 Å². The smallest absolute Gasteiger partial charge is 0.387 e. The second-order valence-corrected chi connectivity index (χ2v) is 2.74. The van der Waals surface area contributed by atoms with Crippen LogP contribution in [0.25, 0.3) is 0 Å². The van der Waals surface area contributed by atoms with Crippen LogP contribution in [0.15, 0.2) is 12.1 Å². The number of ether oxygens (including phenoxy) is 1. The maximum atomic E-state index is 11.8. The van der Waals surface area contributed by atoms with Crippen LogP contribution < -0.4 is 10.5 Å². The van der Waals surface area contributed by atoms with E-state index in [9.17, 15) is 13.2 Å². The molecule has 0 radical (unpaired) electrons. The van der Waals surface area contributed by atoms with E-state index >= 15 is 0 Å². The Morgan fingerprint density at radius 3 is 2.57 bits per heavy atom. The average molecular weight is 227 g/mol. The van der Waals surface area contributed by atoms with Crippen molar-refractivity contribution in [3.63, 3.8) is 0 Å². The number of nitrogens with two attached hydrogens (primary N) is 1. The van der Waals surface area contributed by atoms with E-state index in [1.165, 1.54) is 12.1 Å². The third-order valence-electron chi connectivity index (χ3n) is 1.34. The molecule has 0 aliphatic heterocycles. The molecule has 0 saturated carbocycles. The molecule has 0 aliphatic carbocycles. The summed E-state index contributed by atoms with van der Waals surface area (Å²) < 4.78 is 39.2. The first-order chi connectivity index (χ1) is 6.42. The molecule has 78 valence electrons. The summed E-state index contributed by atoms with van der Waals surface area (Å²) in [7, 11) is 0. The van der Waals surface area contributed by atoms with Crippen molar-refractivity contribution in [1.82, 2.24) is 4.98 Å². The monoisotopic (exact) mass is 226 g/mol. The minimum Gasteiger partial charge on any atom is -0.387 e. The summed E-state index contributed by atoms with van der Waals surface area (Å²) in [5, 5.41) is -0.0820. The highest BCUT2D eigenvalue weighted by Gasteiger charge is 2.32. The van der Waals surface area contributed by atoms with Crippen LogP contribution in [0.4, 0.5) is 13.2 Å². The highest BCUT2D eigenvalue weighted by molar-refractivity contribution is 6.29. The molecule has 1 rings (SSSR count). The van der Waals surface area contributed by atoms with Gasteiger partial charge in [-0.15, -0.1) is 13.2 Å². The molecular weight excluding hydrogens is 221 g/mol. The molecule has 3 nitrogen and oxygen atoms in total. The van der Waals surface area contributed by atoms with Gasteiger partial charge >= 0.3 is 6.36 Å². The van der Waals surface area contributed by atoms with Crippen LogP contribution in [-0.4, -0.2) is 11.3 Å². The number of hydrogen-bond donors (Lipinski definition) is 1. The molecular formula is C7H6ClF3N2O. The summed E-state index contributed by atoms with van der Waals surface area (Å²) in [5.41, 5.74) is 5.33. The topological polar surface area (TPSA) is 48.1 Å². The van der Waals surface area contributed by atoms with Crippen LogP contribution in [0, 0.1) is 0 Å². The second kappa shape index (κ2) is 4.02. The van der Waals surface area contributed by atoms with E-state index in [4.69, 9.17) is 17.3 Å². The first kappa shape index (κ1) is 11.1. The van der Waals surface area contributed by atoms with Gasteiger partial charge in [0.05, 0.1) is 0 Å². The number of hydrogen-bond acceptors (Lipinski definition) is 3. The van der Waals surface area contributed by atoms with Crippen LogP contribution in [0.1, 0.15) is 5.56 Å². The van der Waals surface area contributed by atoms with Crippen molar-refractivity contribution in [2.24, 2.45) is 5.73 Å². The summed E-state index contributed by atoms with van der Waals surface area (Å²) in [6, 6.07) is 2.67. The minimum absolute atomic E-state index is 0.0820. The summed E-state index contributed by atoms with van der Waals surface area (Å²) in [6.07, 6.45) is -4.79. The van der Waals surface area contributed by atoms with Gasteiger partial charge in [0.2, 0.25) is 5.88 Å². The van der Waals surface area contributed by atoms with Crippen LogP contribution in [-0.2, 0) is 6.54 Å². The van der Waals surface area contributed by atoms with Crippen molar-refractivity contribution in [2.75, 3.05) is 0 Å². The van der Waals surface area contributed by atoms with Crippen molar-refractivity contribution in [1.29, 1.82) is 0 Å². The lowest BCUT2D eigenvalue weighted by Crippen LogP contribution is -2.19. The first-order valence-electron chi connectivity index (χ1n) is 3.53. The maximum absolute atomic E-state index is 11.8. The van der Waals surface area contributed by atoms with Gasteiger partial charge in [0.25, 0.3) is 0 Å². The highest BCUT2D eigenvalue weighted by Crippen LogP contribution is 2.25. The van der Waals surface area contributed by atoms with Crippen molar-refractivity contribution >= 4 is 11.6 Å². The molecule has 0 atom stereocenters. The molecule has 0 fully saturated rings. The quantitative estimate of drug-likeness (QED) is 0.786.